The number of hydrogen-bond donors (Lipinski definition) is 1. The monoisotopic (exact) mass is 268 g/mol. The van der Waals surface area contributed by atoms with E-state index in [-0.39, 0.29) is 16.1 Å². The molecule has 1 aliphatic rings. The van der Waals surface area contributed by atoms with Crippen LogP contribution in [0.5, 0.6) is 0 Å². The van der Waals surface area contributed by atoms with Gasteiger partial charge in [-0.2, -0.15) is 0 Å². The van der Waals surface area contributed by atoms with Crippen LogP contribution in [0.25, 0.3) is 0 Å². The Morgan fingerprint density at radius 1 is 1.50 bits per heavy atom. The predicted octanol–water partition coefficient (Wildman–Crippen LogP) is 3.67. The van der Waals surface area contributed by atoms with Crippen LogP contribution >= 0.6 is 11.6 Å². The topological polar surface area (TPSA) is 55.2 Å². The smallest absolute Gasteiger partial charge is 0.275 e. The van der Waals surface area contributed by atoms with E-state index in [1.807, 2.05) is 0 Å². The van der Waals surface area contributed by atoms with Crippen molar-refractivity contribution in [2.75, 3.05) is 0 Å². The first-order valence-corrected chi connectivity index (χ1v) is 6.62. The number of nitro benzene ring substituents is 1. The number of nitrogens with zero attached hydrogens (tertiary/aromatic N) is 1. The van der Waals surface area contributed by atoms with E-state index < -0.39 is 0 Å². The molecule has 0 radical (unpaired) electrons. The normalized spacial score (nSPS) is 17.2. The van der Waals surface area contributed by atoms with Gasteiger partial charge in [-0.05, 0) is 37.8 Å². The summed E-state index contributed by atoms with van der Waals surface area (Å²) in [6.07, 6.45) is 4.62. The second-order valence-corrected chi connectivity index (χ2v) is 5.31. The van der Waals surface area contributed by atoms with Crippen LogP contribution in [0.3, 0.4) is 0 Å². The summed E-state index contributed by atoms with van der Waals surface area (Å²) in [5.74, 6) is 0. The minimum absolute atomic E-state index is 0.0978. The van der Waals surface area contributed by atoms with Crippen LogP contribution in [-0.2, 0) is 6.54 Å². The molecule has 0 unspecified atom stereocenters. The third-order valence-corrected chi connectivity index (χ3v) is 4.12. The van der Waals surface area contributed by atoms with Crippen LogP contribution in [0.4, 0.5) is 5.69 Å². The zero-order valence-corrected chi connectivity index (χ0v) is 11.2. The molecule has 0 aromatic heterocycles. The summed E-state index contributed by atoms with van der Waals surface area (Å²) < 4.78 is 0. The van der Waals surface area contributed by atoms with Gasteiger partial charge < -0.3 is 5.32 Å². The second kappa shape index (κ2) is 5.24. The van der Waals surface area contributed by atoms with E-state index in [2.05, 4.69) is 12.2 Å². The second-order valence-electron chi connectivity index (χ2n) is 4.87. The van der Waals surface area contributed by atoms with Crippen LogP contribution in [0, 0.1) is 10.1 Å². The van der Waals surface area contributed by atoms with Gasteiger partial charge in [0.1, 0.15) is 0 Å². The Hall–Kier alpha value is -1.13. The van der Waals surface area contributed by atoms with E-state index in [9.17, 15) is 10.1 Å². The van der Waals surface area contributed by atoms with Crippen molar-refractivity contribution in [3.63, 3.8) is 0 Å². The van der Waals surface area contributed by atoms with Gasteiger partial charge in [0.2, 0.25) is 0 Å². The van der Waals surface area contributed by atoms with Crippen LogP contribution in [-0.4, -0.2) is 10.5 Å². The van der Waals surface area contributed by atoms with Crippen molar-refractivity contribution in [3.05, 3.63) is 38.9 Å². The van der Waals surface area contributed by atoms with Gasteiger partial charge in [-0.3, -0.25) is 10.1 Å². The molecule has 1 aromatic carbocycles. The minimum atomic E-state index is -0.373. The maximum atomic E-state index is 11.0. The molecule has 2 rings (SSSR count). The highest BCUT2D eigenvalue weighted by atomic mass is 35.5. The van der Waals surface area contributed by atoms with Crippen molar-refractivity contribution < 1.29 is 4.92 Å². The summed E-state index contributed by atoms with van der Waals surface area (Å²) in [4.78, 5) is 10.6. The lowest BCUT2D eigenvalue weighted by molar-refractivity contribution is -0.385. The van der Waals surface area contributed by atoms with Crippen LogP contribution in [0.15, 0.2) is 18.2 Å². The largest absolute Gasteiger partial charge is 0.307 e. The Morgan fingerprint density at radius 3 is 2.72 bits per heavy atom. The molecule has 5 heteroatoms. The molecule has 0 atom stereocenters. The lowest BCUT2D eigenvalue weighted by Crippen LogP contribution is -2.49. The number of hydrogen-bond acceptors (Lipinski definition) is 3. The average Bonchev–Trinajstić information content (AvgIpc) is 2.29. The van der Waals surface area contributed by atoms with Gasteiger partial charge >= 0.3 is 0 Å². The summed E-state index contributed by atoms with van der Waals surface area (Å²) in [6, 6.07) is 4.85. The van der Waals surface area contributed by atoms with Crippen molar-refractivity contribution >= 4 is 17.3 Å². The van der Waals surface area contributed by atoms with Crippen molar-refractivity contribution in [2.45, 2.75) is 44.7 Å². The number of benzene rings is 1. The highest BCUT2D eigenvalue weighted by Crippen LogP contribution is 2.35. The summed E-state index contributed by atoms with van der Waals surface area (Å²) in [7, 11) is 0. The number of rotatable bonds is 5. The predicted molar refractivity (Wildman–Crippen MR) is 71.8 cm³/mol. The summed E-state index contributed by atoms with van der Waals surface area (Å²) in [5, 5.41) is 14.8. The lowest BCUT2D eigenvalue weighted by atomic mass is 9.75. The molecule has 1 aromatic rings. The highest BCUT2D eigenvalue weighted by molar-refractivity contribution is 6.30. The fraction of sp³-hybridized carbons (Fsp3) is 0.538. The molecule has 1 N–H and O–H groups in total. The Labute approximate surface area is 111 Å². The van der Waals surface area contributed by atoms with E-state index in [1.54, 1.807) is 12.1 Å². The Morgan fingerprint density at radius 2 is 2.22 bits per heavy atom. The van der Waals surface area contributed by atoms with Crippen molar-refractivity contribution in [1.82, 2.24) is 5.32 Å². The zero-order chi connectivity index (χ0) is 13.2. The summed E-state index contributed by atoms with van der Waals surface area (Å²) >= 11 is 5.79. The first-order valence-electron chi connectivity index (χ1n) is 6.24. The maximum absolute atomic E-state index is 11.0. The van der Waals surface area contributed by atoms with Gasteiger partial charge in [0.25, 0.3) is 5.69 Å². The molecule has 98 valence electrons. The number of nitro groups is 1. The Bertz CT molecular complexity index is 453. The first kappa shape index (κ1) is 13.3. The third-order valence-electron chi connectivity index (χ3n) is 3.89. The van der Waals surface area contributed by atoms with Crippen molar-refractivity contribution in [3.8, 4) is 0 Å². The molecule has 4 nitrogen and oxygen atoms in total. The van der Waals surface area contributed by atoms with E-state index in [4.69, 9.17) is 11.6 Å². The van der Waals surface area contributed by atoms with E-state index in [1.165, 1.54) is 12.5 Å². The zero-order valence-electron chi connectivity index (χ0n) is 10.4. The number of halogens is 1. The molecular formula is C13H17ClN2O2. The summed E-state index contributed by atoms with van der Waals surface area (Å²) in [5.41, 5.74) is 0.984. The maximum Gasteiger partial charge on any atom is 0.275 e. The minimum Gasteiger partial charge on any atom is -0.307 e. The molecule has 0 amide bonds. The van der Waals surface area contributed by atoms with E-state index >= 15 is 0 Å². The Balaban J connectivity index is 2.11. The SMILES string of the molecule is CCC1(NCc2ccc(Cl)cc2[N+](=O)[O-])CCC1. The van der Waals surface area contributed by atoms with Crippen molar-refractivity contribution in [2.24, 2.45) is 0 Å². The molecule has 0 saturated heterocycles. The quantitative estimate of drug-likeness (QED) is 0.655. The average molecular weight is 269 g/mol. The molecule has 1 saturated carbocycles. The van der Waals surface area contributed by atoms with Crippen LogP contribution < -0.4 is 5.32 Å². The molecule has 0 aliphatic heterocycles. The molecule has 18 heavy (non-hydrogen) atoms. The molecule has 0 heterocycles. The van der Waals surface area contributed by atoms with Gasteiger partial charge in [-0.1, -0.05) is 18.5 Å². The standard InChI is InChI=1S/C13H17ClN2O2/c1-2-13(6-3-7-13)15-9-10-4-5-11(14)8-12(10)16(17)18/h4-5,8,15H,2-3,6-7,9H2,1H3. The van der Waals surface area contributed by atoms with Gasteiger partial charge in [-0.25, -0.2) is 0 Å². The highest BCUT2D eigenvalue weighted by Gasteiger charge is 2.34. The molecule has 1 fully saturated rings. The Kier molecular flexibility index (Phi) is 3.88. The molecule has 0 bridgehead atoms. The summed E-state index contributed by atoms with van der Waals surface area (Å²) in [6.45, 7) is 2.68. The molecule has 1 aliphatic carbocycles. The van der Waals surface area contributed by atoms with Gasteiger partial charge in [0.15, 0.2) is 0 Å². The molecule has 0 spiro atoms. The lowest BCUT2D eigenvalue weighted by Gasteiger charge is -2.42. The van der Waals surface area contributed by atoms with Crippen LogP contribution in [0.1, 0.15) is 38.2 Å². The van der Waals surface area contributed by atoms with Gasteiger partial charge in [0, 0.05) is 28.7 Å². The first-order chi connectivity index (χ1) is 8.56. The van der Waals surface area contributed by atoms with Gasteiger partial charge in [0.05, 0.1) is 4.92 Å². The van der Waals surface area contributed by atoms with E-state index in [0.29, 0.717) is 17.1 Å². The number of nitrogens with one attached hydrogen (secondary N) is 1. The third kappa shape index (κ3) is 2.65. The van der Waals surface area contributed by atoms with Crippen molar-refractivity contribution in [1.29, 1.82) is 0 Å². The fourth-order valence-corrected chi connectivity index (χ4v) is 2.56. The fourth-order valence-electron chi connectivity index (χ4n) is 2.40. The van der Waals surface area contributed by atoms with E-state index in [0.717, 1.165) is 19.3 Å². The van der Waals surface area contributed by atoms with Gasteiger partial charge in [-0.15, -0.1) is 0 Å². The molecular weight excluding hydrogens is 252 g/mol. The van der Waals surface area contributed by atoms with Crippen LogP contribution in [0.2, 0.25) is 5.02 Å².